The first kappa shape index (κ1) is 17.9. The summed E-state index contributed by atoms with van der Waals surface area (Å²) >= 11 is 0. The molecular formula is C20H22N2O4. The van der Waals surface area contributed by atoms with Crippen molar-refractivity contribution in [3.05, 3.63) is 64.2 Å². The summed E-state index contributed by atoms with van der Waals surface area (Å²) in [4.78, 5) is 25.2. The average Bonchev–Trinajstić information content (AvgIpc) is 2.63. The zero-order valence-corrected chi connectivity index (χ0v) is 14.9. The first-order valence-corrected chi connectivity index (χ1v) is 8.78. The second-order valence-electron chi connectivity index (χ2n) is 6.77. The lowest BCUT2D eigenvalue weighted by Gasteiger charge is -2.35. The standard InChI is InChI=1S/C20H22N2O4/c1-14(2)19-20(23)21(12-6-9-15-7-4-3-5-8-15)17-13-16(22(24)25)10-11-18(17)26-19/h3-5,7-8,10-11,13-14,19H,6,9,12H2,1-2H3. The smallest absolute Gasteiger partial charge is 0.271 e. The zero-order chi connectivity index (χ0) is 18.7. The molecule has 0 radical (unpaired) electrons. The van der Waals surface area contributed by atoms with Crippen molar-refractivity contribution < 1.29 is 14.5 Å². The fourth-order valence-corrected chi connectivity index (χ4v) is 3.13. The number of hydrogen-bond acceptors (Lipinski definition) is 4. The van der Waals surface area contributed by atoms with Crippen LogP contribution in [0.5, 0.6) is 5.75 Å². The van der Waals surface area contributed by atoms with Crippen LogP contribution in [-0.4, -0.2) is 23.5 Å². The molecule has 1 aliphatic rings. The van der Waals surface area contributed by atoms with Crippen molar-refractivity contribution in [1.29, 1.82) is 0 Å². The quantitative estimate of drug-likeness (QED) is 0.581. The van der Waals surface area contributed by atoms with Gasteiger partial charge < -0.3 is 9.64 Å². The second-order valence-corrected chi connectivity index (χ2v) is 6.77. The lowest BCUT2D eigenvalue weighted by Crippen LogP contribution is -2.48. The van der Waals surface area contributed by atoms with Gasteiger partial charge in [-0.2, -0.15) is 0 Å². The molecule has 1 atom stereocenters. The minimum atomic E-state index is -0.569. The Hall–Kier alpha value is -2.89. The molecule has 0 aromatic heterocycles. The number of ether oxygens (including phenoxy) is 1. The van der Waals surface area contributed by atoms with E-state index in [4.69, 9.17) is 4.74 Å². The number of benzene rings is 2. The zero-order valence-electron chi connectivity index (χ0n) is 14.9. The van der Waals surface area contributed by atoms with Crippen molar-refractivity contribution in [2.24, 2.45) is 5.92 Å². The number of hydrogen-bond donors (Lipinski definition) is 0. The van der Waals surface area contributed by atoms with Gasteiger partial charge in [0.15, 0.2) is 6.10 Å². The molecule has 136 valence electrons. The highest BCUT2D eigenvalue weighted by Crippen LogP contribution is 2.38. The predicted molar refractivity (Wildman–Crippen MR) is 99.5 cm³/mol. The van der Waals surface area contributed by atoms with Crippen LogP contribution >= 0.6 is 0 Å². The highest BCUT2D eigenvalue weighted by atomic mass is 16.6. The lowest BCUT2D eigenvalue weighted by molar-refractivity contribution is -0.384. The van der Waals surface area contributed by atoms with Crippen molar-refractivity contribution in [3.63, 3.8) is 0 Å². The van der Waals surface area contributed by atoms with Gasteiger partial charge in [-0.3, -0.25) is 14.9 Å². The number of nitro benzene ring substituents is 1. The topological polar surface area (TPSA) is 72.7 Å². The Labute approximate surface area is 152 Å². The molecular weight excluding hydrogens is 332 g/mol. The van der Waals surface area contributed by atoms with E-state index in [1.54, 1.807) is 11.0 Å². The van der Waals surface area contributed by atoms with Crippen LogP contribution in [0.4, 0.5) is 11.4 Å². The van der Waals surface area contributed by atoms with E-state index in [1.165, 1.54) is 17.7 Å². The van der Waals surface area contributed by atoms with Crippen LogP contribution in [0.15, 0.2) is 48.5 Å². The Kier molecular flexibility index (Phi) is 5.21. The van der Waals surface area contributed by atoms with E-state index >= 15 is 0 Å². The summed E-state index contributed by atoms with van der Waals surface area (Å²) in [5, 5.41) is 11.1. The van der Waals surface area contributed by atoms with Crippen molar-refractivity contribution in [2.75, 3.05) is 11.4 Å². The Morgan fingerprint density at radius 1 is 1.19 bits per heavy atom. The van der Waals surface area contributed by atoms with Crippen LogP contribution < -0.4 is 9.64 Å². The number of nitro groups is 1. The van der Waals surface area contributed by atoms with E-state index in [-0.39, 0.29) is 17.5 Å². The fourth-order valence-electron chi connectivity index (χ4n) is 3.13. The molecule has 6 nitrogen and oxygen atoms in total. The third kappa shape index (κ3) is 3.69. The Bertz CT molecular complexity index is 805. The third-order valence-electron chi connectivity index (χ3n) is 4.50. The molecule has 0 saturated heterocycles. The lowest BCUT2D eigenvalue weighted by atomic mass is 10.0. The summed E-state index contributed by atoms with van der Waals surface area (Å²) in [6.45, 7) is 4.36. The summed E-state index contributed by atoms with van der Waals surface area (Å²) in [5.41, 5.74) is 1.64. The van der Waals surface area contributed by atoms with Gasteiger partial charge in [-0.25, -0.2) is 0 Å². The van der Waals surface area contributed by atoms with E-state index in [0.717, 1.165) is 12.8 Å². The third-order valence-corrected chi connectivity index (χ3v) is 4.50. The Morgan fingerprint density at radius 3 is 2.58 bits per heavy atom. The molecule has 1 aliphatic heterocycles. The average molecular weight is 354 g/mol. The molecule has 1 unspecified atom stereocenters. The first-order valence-electron chi connectivity index (χ1n) is 8.78. The molecule has 1 heterocycles. The number of fused-ring (bicyclic) bond motifs is 1. The van der Waals surface area contributed by atoms with Crippen LogP contribution in [0.1, 0.15) is 25.8 Å². The van der Waals surface area contributed by atoms with Gasteiger partial charge >= 0.3 is 0 Å². The van der Waals surface area contributed by atoms with Crippen LogP contribution in [0.2, 0.25) is 0 Å². The number of non-ortho nitro benzene ring substituents is 1. The molecule has 26 heavy (non-hydrogen) atoms. The van der Waals surface area contributed by atoms with Gasteiger partial charge in [0.2, 0.25) is 0 Å². The van der Waals surface area contributed by atoms with E-state index in [9.17, 15) is 14.9 Å². The molecule has 1 amide bonds. The van der Waals surface area contributed by atoms with Gasteiger partial charge in [0.1, 0.15) is 5.75 Å². The van der Waals surface area contributed by atoms with Gasteiger partial charge in [0.25, 0.3) is 11.6 Å². The van der Waals surface area contributed by atoms with E-state index in [2.05, 4.69) is 12.1 Å². The Balaban J connectivity index is 1.84. The van der Waals surface area contributed by atoms with Gasteiger partial charge in [-0.1, -0.05) is 44.2 Å². The van der Waals surface area contributed by atoms with Crippen molar-refractivity contribution in [3.8, 4) is 5.75 Å². The minimum Gasteiger partial charge on any atom is -0.478 e. The number of nitrogens with zero attached hydrogens (tertiary/aromatic N) is 2. The van der Waals surface area contributed by atoms with Gasteiger partial charge in [0.05, 0.1) is 10.6 Å². The molecule has 0 spiro atoms. The van der Waals surface area contributed by atoms with Crippen molar-refractivity contribution in [1.82, 2.24) is 0 Å². The number of carbonyl (C=O) groups is 1. The second kappa shape index (κ2) is 7.56. The minimum absolute atomic E-state index is 0.0162. The summed E-state index contributed by atoms with van der Waals surface area (Å²) in [6.07, 6.45) is 1.03. The van der Waals surface area contributed by atoms with Crippen LogP contribution in [0.25, 0.3) is 0 Å². The number of aryl methyl sites for hydroxylation is 1. The highest BCUT2D eigenvalue weighted by molar-refractivity contribution is 6.00. The summed E-state index contributed by atoms with van der Waals surface area (Å²) in [5.74, 6) is 0.400. The summed E-state index contributed by atoms with van der Waals surface area (Å²) in [7, 11) is 0. The number of anilines is 1. The number of rotatable bonds is 6. The maximum absolute atomic E-state index is 12.9. The maximum atomic E-state index is 12.9. The Morgan fingerprint density at radius 2 is 1.92 bits per heavy atom. The highest BCUT2D eigenvalue weighted by Gasteiger charge is 2.36. The first-order chi connectivity index (χ1) is 12.5. The molecule has 0 aliphatic carbocycles. The molecule has 2 aromatic carbocycles. The molecule has 6 heteroatoms. The maximum Gasteiger partial charge on any atom is 0.271 e. The SMILES string of the molecule is CC(C)C1Oc2ccc([N+](=O)[O-])cc2N(CCCc2ccccc2)C1=O. The van der Waals surface area contributed by atoms with Gasteiger partial charge in [-0.05, 0) is 30.4 Å². The van der Waals surface area contributed by atoms with Crippen LogP contribution in [0.3, 0.4) is 0 Å². The van der Waals surface area contributed by atoms with E-state index in [1.807, 2.05) is 32.0 Å². The van der Waals surface area contributed by atoms with E-state index in [0.29, 0.717) is 18.0 Å². The van der Waals surface area contributed by atoms with Crippen LogP contribution in [0, 0.1) is 16.0 Å². The predicted octanol–water partition coefficient (Wildman–Crippen LogP) is 3.98. The number of amides is 1. The monoisotopic (exact) mass is 354 g/mol. The fraction of sp³-hybridized carbons (Fsp3) is 0.350. The largest absolute Gasteiger partial charge is 0.478 e. The van der Waals surface area contributed by atoms with Crippen LogP contribution in [-0.2, 0) is 11.2 Å². The molecule has 0 N–H and O–H groups in total. The van der Waals surface area contributed by atoms with E-state index < -0.39 is 11.0 Å². The summed E-state index contributed by atoms with van der Waals surface area (Å²) in [6, 6.07) is 14.5. The van der Waals surface area contributed by atoms with Crippen molar-refractivity contribution in [2.45, 2.75) is 32.8 Å². The normalized spacial score (nSPS) is 16.3. The van der Waals surface area contributed by atoms with Crippen molar-refractivity contribution >= 4 is 17.3 Å². The number of carbonyl (C=O) groups excluding carboxylic acids is 1. The van der Waals surface area contributed by atoms with Gasteiger partial charge in [0, 0.05) is 18.7 Å². The molecule has 2 aromatic rings. The summed E-state index contributed by atoms with van der Waals surface area (Å²) < 4.78 is 5.82. The molecule has 0 fully saturated rings. The molecule has 0 bridgehead atoms. The molecule has 0 saturated carbocycles. The molecule has 3 rings (SSSR count). The van der Waals surface area contributed by atoms with Gasteiger partial charge in [-0.15, -0.1) is 0 Å².